The van der Waals surface area contributed by atoms with Crippen LogP contribution in [0.4, 0.5) is 0 Å². The number of nitrogens with zero attached hydrogens (tertiary/aromatic N) is 1. The van der Waals surface area contributed by atoms with E-state index in [0.717, 1.165) is 32.1 Å². The molecule has 182 valence electrons. The number of aliphatic hydroxyl groups is 1. The van der Waals surface area contributed by atoms with Crippen molar-refractivity contribution in [3.8, 4) is 5.75 Å². The van der Waals surface area contributed by atoms with Crippen LogP contribution in [0.3, 0.4) is 0 Å². The number of hydrogen-bond acceptors (Lipinski definition) is 3. The first-order valence-corrected chi connectivity index (χ1v) is 13.8. The van der Waals surface area contributed by atoms with Crippen molar-refractivity contribution in [2.75, 3.05) is 19.6 Å². The molecule has 6 rings (SSSR count). The fourth-order valence-corrected chi connectivity index (χ4v) is 8.44. The third-order valence-electron chi connectivity index (χ3n) is 10.2. The van der Waals surface area contributed by atoms with Crippen LogP contribution >= 0.6 is 0 Å². The van der Waals surface area contributed by atoms with E-state index in [9.17, 15) is 10.2 Å². The molecule has 1 heterocycles. The molecule has 3 aliphatic carbocycles. The number of phenols is 1. The van der Waals surface area contributed by atoms with Crippen molar-refractivity contribution in [1.29, 1.82) is 0 Å². The third-order valence-corrected chi connectivity index (χ3v) is 10.2. The van der Waals surface area contributed by atoms with Gasteiger partial charge in [0.2, 0.25) is 0 Å². The summed E-state index contributed by atoms with van der Waals surface area (Å²) in [5.74, 6) is 2.55. The highest BCUT2D eigenvalue weighted by molar-refractivity contribution is 5.43. The maximum Gasteiger partial charge on any atom is 0.115 e. The average molecular weight is 460 g/mol. The lowest BCUT2D eigenvalue weighted by Gasteiger charge is -2.54. The molecule has 2 saturated carbocycles. The topological polar surface area (TPSA) is 43.7 Å². The van der Waals surface area contributed by atoms with Gasteiger partial charge in [0.15, 0.2) is 0 Å². The Morgan fingerprint density at radius 3 is 2.59 bits per heavy atom. The maximum absolute atomic E-state index is 11.1. The van der Waals surface area contributed by atoms with Crippen molar-refractivity contribution in [3.63, 3.8) is 0 Å². The van der Waals surface area contributed by atoms with Crippen LogP contribution in [0.5, 0.6) is 5.75 Å². The van der Waals surface area contributed by atoms with Crippen LogP contribution in [0.1, 0.15) is 86.0 Å². The van der Waals surface area contributed by atoms with Crippen LogP contribution in [0.2, 0.25) is 0 Å². The zero-order chi connectivity index (χ0) is 23.3. The predicted molar refractivity (Wildman–Crippen MR) is 137 cm³/mol. The molecule has 4 aliphatic rings. The van der Waals surface area contributed by atoms with E-state index in [1.54, 1.807) is 0 Å². The zero-order valence-corrected chi connectivity index (χ0v) is 20.8. The largest absolute Gasteiger partial charge is 0.508 e. The number of fused-ring (bicyclic) bond motifs is 5. The first-order chi connectivity index (χ1) is 16.5. The van der Waals surface area contributed by atoms with E-state index >= 15 is 0 Å². The Bertz CT molecular complexity index is 1010. The molecule has 1 saturated heterocycles. The number of aliphatic hydroxyl groups excluding tert-OH is 1. The van der Waals surface area contributed by atoms with E-state index in [-0.39, 0.29) is 11.5 Å². The standard InChI is InChI=1S/C31H41NO2/c1-31-20-27(22-8-6-21(7-9-22)5-4-18-32-16-2-3-17-32)30-25-13-11-24(33)19-23(25)10-12-26(30)28(31)14-15-29(31)34/h6-9,11,13,19,26-30,33-34H,2-5,10,12,14-18,20H2,1H3/t26-,27+,28-,29-,30+,31-/m0/s1. The zero-order valence-electron chi connectivity index (χ0n) is 20.8. The lowest BCUT2D eigenvalue weighted by atomic mass is 9.51. The summed E-state index contributed by atoms with van der Waals surface area (Å²) in [6.07, 6.45) is 10.4. The van der Waals surface area contributed by atoms with Crippen molar-refractivity contribution in [3.05, 3.63) is 64.7 Å². The molecular weight excluding hydrogens is 418 g/mol. The first kappa shape index (κ1) is 22.6. The summed E-state index contributed by atoms with van der Waals surface area (Å²) in [5, 5.41) is 21.2. The minimum absolute atomic E-state index is 0.0225. The Labute approximate surface area is 205 Å². The molecule has 2 aromatic carbocycles. The van der Waals surface area contributed by atoms with Gasteiger partial charge in [0.1, 0.15) is 5.75 Å². The second-order valence-corrected chi connectivity index (χ2v) is 12.0. The number of aromatic hydroxyl groups is 1. The Hall–Kier alpha value is -1.84. The summed E-state index contributed by atoms with van der Waals surface area (Å²) >= 11 is 0. The quantitative estimate of drug-likeness (QED) is 0.574. The van der Waals surface area contributed by atoms with Crippen LogP contribution in [-0.2, 0) is 12.8 Å². The molecule has 0 amide bonds. The third kappa shape index (κ3) is 3.89. The van der Waals surface area contributed by atoms with Gasteiger partial charge in [-0.1, -0.05) is 37.3 Å². The lowest BCUT2D eigenvalue weighted by molar-refractivity contribution is -0.0322. The normalized spacial score (nSPS) is 35.1. The molecule has 2 aromatic rings. The minimum atomic E-state index is -0.174. The Kier molecular flexibility index (Phi) is 5.98. The monoisotopic (exact) mass is 459 g/mol. The molecule has 6 atom stereocenters. The van der Waals surface area contributed by atoms with Gasteiger partial charge in [-0.3, -0.25) is 0 Å². The highest BCUT2D eigenvalue weighted by Crippen LogP contribution is 2.65. The summed E-state index contributed by atoms with van der Waals surface area (Å²) in [4.78, 5) is 2.61. The molecule has 1 aliphatic heterocycles. The maximum atomic E-state index is 11.1. The average Bonchev–Trinajstić information content (AvgIpc) is 3.46. The van der Waals surface area contributed by atoms with Crippen LogP contribution in [0.25, 0.3) is 0 Å². The molecule has 0 bridgehead atoms. The van der Waals surface area contributed by atoms with Crippen LogP contribution < -0.4 is 0 Å². The van der Waals surface area contributed by atoms with Gasteiger partial charge in [-0.25, -0.2) is 0 Å². The fraction of sp³-hybridized carbons (Fsp3) is 0.613. The van der Waals surface area contributed by atoms with Crippen LogP contribution in [0.15, 0.2) is 42.5 Å². The van der Waals surface area contributed by atoms with E-state index in [2.05, 4.69) is 42.2 Å². The van der Waals surface area contributed by atoms with E-state index in [1.165, 1.54) is 67.6 Å². The summed E-state index contributed by atoms with van der Waals surface area (Å²) < 4.78 is 0. The lowest BCUT2D eigenvalue weighted by Crippen LogP contribution is -2.47. The van der Waals surface area contributed by atoms with Gasteiger partial charge < -0.3 is 15.1 Å². The van der Waals surface area contributed by atoms with Gasteiger partial charge in [-0.05, 0) is 141 Å². The summed E-state index contributed by atoms with van der Waals surface area (Å²) in [6, 6.07) is 15.6. The number of aryl methyl sites for hydroxylation is 2. The molecule has 3 heteroatoms. The van der Waals surface area contributed by atoms with Gasteiger partial charge in [0.25, 0.3) is 0 Å². The SMILES string of the molecule is C[C@]12C[C@H](c3ccc(CCCN4CCCC4)cc3)[C@@H]3c4ccc(O)cc4CC[C@H]3[C@@H]1CC[C@@H]2O. The minimum Gasteiger partial charge on any atom is -0.508 e. The fourth-order valence-electron chi connectivity index (χ4n) is 8.44. The summed E-state index contributed by atoms with van der Waals surface area (Å²) in [7, 11) is 0. The highest BCUT2D eigenvalue weighted by atomic mass is 16.3. The van der Waals surface area contributed by atoms with Gasteiger partial charge in [-0.15, -0.1) is 0 Å². The molecule has 2 N–H and O–H groups in total. The number of benzene rings is 2. The van der Waals surface area contributed by atoms with Gasteiger partial charge in [0.05, 0.1) is 6.10 Å². The number of hydrogen-bond donors (Lipinski definition) is 2. The van der Waals surface area contributed by atoms with Gasteiger partial charge in [-0.2, -0.15) is 0 Å². The Morgan fingerprint density at radius 2 is 1.79 bits per heavy atom. The molecule has 3 fully saturated rings. The van der Waals surface area contributed by atoms with E-state index in [4.69, 9.17) is 0 Å². The molecule has 0 aromatic heterocycles. The molecule has 34 heavy (non-hydrogen) atoms. The molecular formula is C31H41NO2. The number of rotatable bonds is 5. The smallest absolute Gasteiger partial charge is 0.115 e. The van der Waals surface area contributed by atoms with Crippen LogP contribution in [0, 0.1) is 17.3 Å². The van der Waals surface area contributed by atoms with E-state index in [0.29, 0.717) is 29.4 Å². The predicted octanol–water partition coefficient (Wildman–Crippen LogP) is 6.03. The van der Waals surface area contributed by atoms with E-state index < -0.39 is 0 Å². The van der Waals surface area contributed by atoms with Crippen molar-refractivity contribution in [2.45, 2.75) is 82.7 Å². The number of likely N-dealkylation sites (tertiary alicyclic amines) is 1. The van der Waals surface area contributed by atoms with Crippen LogP contribution in [-0.4, -0.2) is 40.9 Å². The Balaban J connectivity index is 1.27. The molecule has 0 spiro atoms. The second kappa shape index (κ2) is 8.99. The molecule has 0 unspecified atom stereocenters. The van der Waals surface area contributed by atoms with Crippen molar-refractivity contribution < 1.29 is 10.2 Å². The first-order valence-electron chi connectivity index (χ1n) is 13.8. The molecule has 3 nitrogen and oxygen atoms in total. The second-order valence-electron chi connectivity index (χ2n) is 12.0. The van der Waals surface area contributed by atoms with Crippen molar-refractivity contribution in [1.82, 2.24) is 4.90 Å². The highest BCUT2D eigenvalue weighted by Gasteiger charge is 2.57. The molecule has 0 radical (unpaired) electrons. The number of phenolic OH excluding ortho intramolecular Hbond substituents is 1. The van der Waals surface area contributed by atoms with E-state index in [1.807, 2.05) is 12.1 Å². The Morgan fingerprint density at radius 1 is 1.00 bits per heavy atom. The summed E-state index contributed by atoms with van der Waals surface area (Å²) in [6.45, 7) is 6.18. The van der Waals surface area contributed by atoms with Crippen molar-refractivity contribution in [2.24, 2.45) is 17.3 Å². The van der Waals surface area contributed by atoms with Gasteiger partial charge in [0, 0.05) is 0 Å². The van der Waals surface area contributed by atoms with Crippen molar-refractivity contribution >= 4 is 0 Å². The summed E-state index contributed by atoms with van der Waals surface area (Å²) in [5.41, 5.74) is 5.71. The van der Waals surface area contributed by atoms with Gasteiger partial charge >= 0.3 is 0 Å².